The summed E-state index contributed by atoms with van der Waals surface area (Å²) in [5.74, 6) is 1.40. The van der Waals surface area contributed by atoms with Crippen molar-refractivity contribution in [3.05, 3.63) is 33.8 Å². The molecule has 0 unspecified atom stereocenters. The van der Waals surface area contributed by atoms with Crippen molar-refractivity contribution in [2.45, 2.75) is 20.0 Å². The Bertz CT molecular complexity index is 531. The Hall–Kier alpha value is -1.33. The fraction of sp³-hybridized carbons (Fsp3) is 0.333. The average molecular weight is 285 g/mol. The summed E-state index contributed by atoms with van der Waals surface area (Å²) >= 11 is 7.06. The largest absolute Gasteiger partial charge is 0.493 e. The summed E-state index contributed by atoms with van der Waals surface area (Å²) in [5, 5.41) is 3.89. The summed E-state index contributed by atoms with van der Waals surface area (Å²) in [6.07, 6.45) is 0.957. The zero-order valence-electron chi connectivity index (χ0n) is 10.1. The molecule has 0 spiro atoms. The first kappa shape index (κ1) is 13.1. The normalized spacial score (nSPS) is 10.4. The van der Waals surface area contributed by atoms with Crippen LogP contribution in [-0.2, 0) is 13.0 Å². The van der Waals surface area contributed by atoms with Crippen molar-refractivity contribution in [1.29, 1.82) is 0 Å². The molecule has 0 bridgehead atoms. The van der Waals surface area contributed by atoms with E-state index in [1.165, 1.54) is 5.56 Å². The lowest BCUT2D eigenvalue weighted by atomic mass is 10.1. The molecule has 0 aliphatic carbocycles. The van der Waals surface area contributed by atoms with Crippen LogP contribution in [0.4, 0.5) is 0 Å². The van der Waals surface area contributed by atoms with Gasteiger partial charge in [-0.2, -0.15) is 0 Å². The zero-order valence-corrected chi connectivity index (χ0v) is 11.7. The first-order valence-corrected chi connectivity index (χ1v) is 6.66. The molecule has 18 heavy (non-hydrogen) atoms. The van der Waals surface area contributed by atoms with Crippen molar-refractivity contribution in [2.24, 2.45) is 0 Å². The molecule has 2 rings (SSSR count). The number of hydrogen-bond acceptors (Lipinski definition) is 5. The number of methoxy groups -OCH3 is 1. The summed E-state index contributed by atoms with van der Waals surface area (Å²) in [6, 6.07) is 5.88. The summed E-state index contributed by atoms with van der Waals surface area (Å²) in [4.78, 5) is 0. The molecule has 4 nitrogen and oxygen atoms in total. The monoisotopic (exact) mass is 284 g/mol. The fourth-order valence-electron chi connectivity index (χ4n) is 1.48. The van der Waals surface area contributed by atoms with Gasteiger partial charge in [-0.3, -0.25) is 0 Å². The van der Waals surface area contributed by atoms with Crippen LogP contribution in [0.3, 0.4) is 0 Å². The first-order valence-electron chi connectivity index (χ1n) is 5.51. The van der Waals surface area contributed by atoms with E-state index in [9.17, 15) is 0 Å². The molecule has 0 N–H and O–H groups in total. The van der Waals surface area contributed by atoms with Gasteiger partial charge >= 0.3 is 0 Å². The van der Waals surface area contributed by atoms with E-state index in [-0.39, 0.29) is 6.61 Å². The van der Waals surface area contributed by atoms with Crippen LogP contribution in [0.5, 0.6) is 11.5 Å². The lowest BCUT2D eigenvalue weighted by molar-refractivity contribution is 0.280. The van der Waals surface area contributed by atoms with Crippen molar-refractivity contribution in [3.8, 4) is 11.5 Å². The molecule has 0 radical (unpaired) electrons. The maximum Gasteiger partial charge on any atom is 0.161 e. The molecule has 0 aliphatic heterocycles. The molecule has 6 heteroatoms. The third-order valence-corrected chi connectivity index (χ3v) is 3.49. The summed E-state index contributed by atoms with van der Waals surface area (Å²) in [7, 11) is 1.62. The van der Waals surface area contributed by atoms with E-state index in [1.54, 1.807) is 7.11 Å². The second kappa shape index (κ2) is 6.02. The highest BCUT2D eigenvalue weighted by Crippen LogP contribution is 2.29. The molecule has 0 fully saturated rings. The Kier molecular flexibility index (Phi) is 4.38. The highest BCUT2D eigenvalue weighted by atomic mass is 35.5. The summed E-state index contributed by atoms with van der Waals surface area (Å²) in [6.45, 7) is 2.38. The predicted octanol–water partition coefficient (Wildman–Crippen LogP) is 3.34. The minimum Gasteiger partial charge on any atom is -0.493 e. The number of benzene rings is 1. The van der Waals surface area contributed by atoms with Crippen LogP contribution in [0.15, 0.2) is 18.2 Å². The Balaban J connectivity index is 2.11. The minimum atomic E-state index is 0.289. The number of ether oxygens (including phenoxy) is 2. The molecule has 0 atom stereocenters. The molecule has 0 amide bonds. The van der Waals surface area contributed by atoms with E-state index in [0.29, 0.717) is 21.5 Å². The lowest BCUT2D eigenvalue weighted by Gasteiger charge is -2.10. The van der Waals surface area contributed by atoms with Gasteiger partial charge in [0.1, 0.15) is 16.6 Å². The van der Waals surface area contributed by atoms with E-state index < -0.39 is 0 Å². The molecular weight excluding hydrogens is 272 g/mol. The Labute approximate surface area is 115 Å². The predicted molar refractivity (Wildman–Crippen MR) is 71.6 cm³/mol. The van der Waals surface area contributed by atoms with Crippen molar-refractivity contribution in [2.75, 3.05) is 7.11 Å². The SMILES string of the molecule is CCc1ccc(OCc2nnsc2Cl)c(OC)c1. The molecule has 1 heterocycles. The van der Waals surface area contributed by atoms with Crippen LogP contribution in [0.25, 0.3) is 0 Å². The van der Waals surface area contributed by atoms with Gasteiger partial charge in [-0.15, -0.1) is 5.10 Å². The number of halogens is 1. The number of nitrogens with zero attached hydrogens (tertiary/aromatic N) is 2. The van der Waals surface area contributed by atoms with E-state index >= 15 is 0 Å². The maximum atomic E-state index is 5.91. The van der Waals surface area contributed by atoms with Crippen LogP contribution in [0.1, 0.15) is 18.2 Å². The summed E-state index contributed by atoms with van der Waals surface area (Å²) in [5.41, 5.74) is 1.84. The van der Waals surface area contributed by atoms with Gasteiger partial charge < -0.3 is 9.47 Å². The standard InChI is InChI=1S/C12H13ClN2O2S/c1-3-8-4-5-10(11(6-8)16-2)17-7-9-12(13)18-15-14-9/h4-6H,3,7H2,1-2H3. The first-order chi connectivity index (χ1) is 8.74. The van der Waals surface area contributed by atoms with E-state index in [4.69, 9.17) is 21.1 Å². The minimum absolute atomic E-state index is 0.289. The highest BCUT2D eigenvalue weighted by Gasteiger charge is 2.09. The Morgan fingerprint density at radius 1 is 1.33 bits per heavy atom. The van der Waals surface area contributed by atoms with Crippen molar-refractivity contribution >= 4 is 23.1 Å². The summed E-state index contributed by atoms with van der Waals surface area (Å²) < 4.78 is 15.3. The maximum absolute atomic E-state index is 5.91. The number of hydrogen-bond donors (Lipinski definition) is 0. The third-order valence-electron chi connectivity index (χ3n) is 2.51. The molecular formula is C12H13ClN2O2S. The quantitative estimate of drug-likeness (QED) is 0.845. The zero-order chi connectivity index (χ0) is 13.0. The van der Waals surface area contributed by atoms with Crippen LogP contribution >= 0.6 is 23.1 Å². The smallest absolute Gasteiger partial charge is 0.161 e. The average Bonchev–Trinajstić information content (AvgIpc) is 2.81. The lowest BCUT2D eigenvalue weighted by Crippen LogP contribution is -1.99. The van der Waals surface area contributed by atoms with Gasteiger partial charge in [0.15, 0.2) is 11.5 Å². The van der Waals surface area contributed by atoms with Gasteiger partial charge in [0.05, 0.1) is 7.11 Å². The highest BCUT2D eigenvalue weighted by molar-refractivity contribution is 7.10. The number of aromatic nitrogens is 2. The molecule has 1 aromatic carbocycles. The van der Waals surface area contributed by atoms with Gasteiger partial charge in [0.2, 0.25) is 0 Å². The Morgan fingerprint density at radius 2 is 2.17 bits per heavy atom. The van der Waals surface area contributed by atoms with Gasteiger partial charge in [-0.1, -0.05) is 29.1 Å². The van der Waals surface area contributed by atoms with Gasteiger partial charge in [0.25, 0.3) is 0 Å². The van der Waals surface area contributed by atoms with Gasteiger partial charge in [-0.05, 0) is 24.1 Å². The fourth-order valence-corrected chi connectivity index (χ4v) is 2.08. The third kappa shape index (κ3) is 2.91. The number of aryl methyl sites for hydroxylation is 1. The van der Waals surface area contributed by atoms with E-state index in [2.05, 4.69) is 16.5 Å². The van der Waals surface area contributed by atoms with Gasteiger partial charge in [-0.25, -0.2) is 0 Å². The van der Waals surface area contributed by atoms with E-state index in [1.807, 2.05) is 18.2 Å². The van der Waals surface area contributed by atoms with Crippen molar-refractivity contribution in [3.63, 3.8) is 0 Å². The molecule has 2 aromatic rings. The topological polar surface area (TPSA) is 44.2 Å². The second-order valence-corrected chi connectivity index (χ2v) is 4.98. The van der Waals surface area contributed by atoms with Crippen LogP contribution in [0, 0.1) is 0 Å². The molecule has 0 aliphatic rings. The van der Waals surface area contributed by atoms with Crippen molar-refractivity contribution in [1.82, 2.24) is 9.59 Å². The van der Waals surface area contributed by atoms with Crippen LogP contribution in [0.2, 0.25) is 4.34 Å². The molecule has 0 saturated carbocycles. The molecule has 96 valence electrons. The van der Waals surface area contributed by atoms with E-state index in [0.717, 1.165) is 18.0 Å². The molecule has 1 aromatic heterocycles. The Morgan fingerprint density at radius 3 is 2.78 bits per heavy atom. The van der Waals surface area contributed by atoms with Crippen LogP contribution in [-0.4, -0.2) is 16.7 Å². The number of rotatable bonds is 5. The molecule has 0 saturated heterocycles. The van der Waals surface area contributed by atoms with Gasteiger partial charge in [0, 0.05) is 11.5 Å². The van der Waals surface area contributed by atoms with Crippen LogP contribution < -0.4 is 9.47 Å². The second-order valence-electron chi connectivity index (χ2n) is 3.62. The van der Waals surface area contributed by atoms with Crippen molar-refractivity contribution < 1.29 is 9.47 Å².